The molecule has 0 unspecified atom stereocenters. The third-order valence-corrected chi connectivity index (χ3v) is 3.29. The molecule has 1 aliphatic heterocycles. The average molecular weight is 292 g/mol. The van der Waals surface area contributed by atoms with E-state index < -0.39 is 5.97 Å². The second-order valence-corrected chi connectivity index (χ2v) is 4.73. The second kappa shape index (κ2) is 5.82. The van der Waals surface area contributed by atoms with E-state index in [-0.39, 0.29) is 36.3 Å². The molecule has 0 bridgehead atoms. The van der Waals surface area contributed by atoms with Gasteiger partial charge in [0.25, 0.3) is 0 Å². The topological polar surface area (TPSA) is 87.2 Å². The van der Waals surface area contributed by atoms with Crippen LogP contribution in [0.3, 0.4) is 0 Å². The number of hydrogen-bond donors (Lipinski definition) is 1. The molecule has 0 saturated carbocycles. The Morgan fingerprint density at radius 3 is 2.71 bits per heavy atom. The predicted octanol–water partition coefficient (Wildman–Crippen LogP) is 0.589. The smallest absolute Gasteiger partial charge is 0.339 e. The van der Waals surface area contributed by atoms with Crippen molar-refractivity contribution >= 4 is 23.5 Å². The zero-order valence-corrected chi connectivity index (χ0v) is 11.8. The summed E-state index contributed by atoms with van der Waals surface area (Å²) in [5, 5.41) is 9.15. The molecule has 1 aromatic carbocycles. The summed E-state index contributed by atoms with van der Waals surface area (Å²) in [5.74, 6) is -1.41. The van der Waals surface area contributed by atoms with E-state index in [1.165, 1.54) is 29.8 Å². The maximum absolute atomic E-state index is 12.3. The Balaban J connectivity index is 2.30. The number of anilines is 1. The van der Waals surface area contributed by atoms with Gasteiger partial charge < -0.3 is 19.6 Å². The Bertz CT molecular complexity index is 599. The van der Waals surface area contributed by atoms with Crippen molar-refractivity contribution < 1.29 is 24.2 Å². The number of benzene rings is 1. The lowest BCUT2D eigenvalue weighted by molar-refractivity contribution is -0.132. The number of carboxylic acids is 1. The molecule has 1 heterocycles. The Morgan fingerprint density at radius 2 is 2.10 bits per heavy atom. The zero-order valence-electron chi connectivity index (χ0n) is 11.8. The van der Waals surface area contributed by atoms with Gasteiger partial charge in [-0.05, 0) is 12.1 Å². The number of fused-ring (bicyclic) bond motifs is 1. The lowest BCUT2D eigenvalue weighted by atomic mass is 10.1. The molecule has 0 saturated heterocycles. The number of ether oxygens (including phenoxy) is 1. The molecule has 0 fully saturated rings. The van der Waals surface area contributed by atoms with Crippen LogP contribution in [-0.4, -0.2) is 54.5 Å². The molecule has 0 radical (unpaired) electrons. The van der Waals surface area contributed by atoms with Gasteiger partial charge in [0, 0.05) is 14.0 Å². The largest absolute Gasteiger partial charge is 0.489 e. The molecule has 1 aromatic rings. The van der Waals surface area contributed by atoms with Crippen LogP contribution in [0.4, 0.5) is 5.69 Å². The van der Waals surface area contributed by atoms with E-state index in [2.05, 4.69) is 0 Å². The molecule has 21 heavy (non-hydrogen) atoms. The number of aromatic carboxylic acids is 1. The van der Waals surface area contributed by atoms with Crippen LogP contribution in [0.5, 0.6) is 5.75 Å². The molecule has 1 aliphatic rings. The summed E-state index contributed by atoms with van der Waals surface area (Å²) in [6.07, 6.45) is 0. The third-order valence-electron chi connectivity index (χ3n) is 3.29. The number of carbonyl (C=O) groups excluding carboxylic acids is 2. The van der Waals surface area contributed by atoms with Gasteiger partial charge in [-0.15, -0.1) is 0 Å². The highest BCUT2D eigenvalue weighted by Crippen LogP contribution is 2.35. The predicted molar refractivity (Wildman–Crippen MR) is 74.6 cm³/mol. The van der Waals surface area contributed by atoms with Gasteiger partial charge in [0.2, 0.25) is 11.8 Å². The fourth-order valence-electron chi connectivity index (χ4n) is 2.08. The minimum atomic E-state index is -1.11. The van der Waals surface area contributed by atoms with Crippen molar-refractivity contribution in [2.45, 2.75) is 6.92 Å². The minimum Gasteiger partial charge on any atom is -0.489 e. The number of nitrogens with zero attached hydrogens (tertiary/aromatic N) is 2. The van der Waals surface area contributed by atoms with Crippen LogP contribution in [0.15, 0.2) is 18.2 Å². The molecule has 112 valence electrons. The average Bonchev–Trinajstić information content (AvgIpc) is 2.45. The summed E-state index contributed by atoms with van der Waals surface area (Å²) in [6, 6.07) is 4.62. The van der Waals surface area contributed by atoms with Gasteiger partial charge in [0.15, 0.2) is 5.75 Å². The van der Waals surface area contributed by atoms with Crippen LogP contribution in [0.25, 0.3) is 0 Å². The monoisotopic (exact) mass is 292 g/mol. The van der Waals surface area contributed by atoms with E-state index in [1.807, 2.05) is 0 Å². The van der Waals surface area contributed by atoms with E-state index in [9.17, 15) is 14.4 Å². The number of hydrogen-bond acceptors (Lipinski definition) is 4. The van der Waals surface area contributed by atoms with Crippen LogP contribution >= 0.6 is 0 Å². The lowest BCUT2D eigenvalue weighted by Gasteiger charge is -2.31. The molecule has 0 aromatic heterocycles. The second-order valence-electron chi connectivity index (χ2n) is 4.73. The zero-order chi connectivity index (χ0) is 15.6. The summed E-state index contributed by atoms with van der Waals surface area (Å²) in [7, 11) is 1.54. The van der Waals surface area contributed by atoms with Crippen molar-refractivity contribution in [2.75, 3.05) is 31.6 Å². The van der Waals surface area contributed by atoms with Crippen LogP contribution in [0, 0.1) is 0 Å². The van der Waals surface area contributed by atoms with Gasteiger partial charge in [-0.1, -0.05) is 6.07 Å². The van der Waals surface area contributed by atoms with Crippen molar-refractivity contribution in [1.82, 2.24) is 4.90 Å². The van der Waals surface area contributed by atoms with Crippen molar-refractivity contribution in [3.63, 3.8) is 0 Å². The Labute approximate surface area is 121 Å². The van der Waals surface area contributed by atoms with Crippen molar-refractivity contribution in [3.8, 4) is 5.75 Å². The van der Waals surface area contributed by atoms with E-state index in [4.69, 9.17) is 9.84 Å². The molecular formula is C14H16N2O5. The van der Waals surface area contributed by atoms with E-state index >= 15 is 0 Å². The van der Waals surface area contributed by atoms with Gasteiger partial charge in [-0.3, -0.25) is 9.59 Å². The standard InChI is InChI=1S/C14H16N2O5/c1-9(17)15(2)8-12(18)16-6-7-21-13-10(14(19)20)4-3-5-11(13)16/h3-5H,6-8H2,1-2H3,(H,19,20). The number of likely N-dealkylation sites (N-methyl/N-ethyl adjacent to an activating group) is 1. The first kappa shape index (κ1) is 14.8. The molecule has 1 N–H and O–H groups in total. The van der Waals surface area contributed by atoms with E-state index in [0.29, 0.717) is 12.2 Å². The molecule has 7 nitrogen and oxygen atoms in total. The number of amides is 2. The molecule has 0 aliphatic carbocycles. The number of para-hydroxylation sites is 1. The third kappa shape index (κ3) is 2.96. The first-order valence-corrected chi connectivity index (χ1v) is 6.43. The number of carbonyl (C=O) groups is 3. The van der Waals surface area contributed by atoms with Crippen LogP contribution in [0.2, 0.25) is 0 Å². The minimum absolute atomic E-state index is 0.0184. The maximum atomic E-state index is 12.3. The number of carboxylic acid groups (broad SMARTS) is 1. The first-order valence-electron chi connectivity index (χ1n) is 6.43. The summed E-state index contributed by atoms with van der Waals surface area (Å²) < 4.78 is 5.39. The molecule has 0 atom stereocenters. The maximum Gasteiger partial charge on any atom is 0.339 e. The Kier molecular flexibility index (Phi) is 4.11. The van der Waals surface area contributed by atoms with Gasteiger partial charge >= 0.3 is 5.97 Å². The summed E-state index contributed by atoms with van der Waals surface area (Å²) in [5.41, 5.74) is 0.438. The summed E-state index contributed by atoms with van der Waals surface area (Å²) >= 11 is 0. The highest BCUT2D eigenvalue weighted by molar-refractivity contribution is 6.01. The highest BCUT2D eigenvalue weighted by Gasteiger charge is 2.28. The number of rotatable bonds is 3. The molecular weight excluding hydrogens is 276 g/mol. The van der Waals surface area contributed by atoms with Crippen molar-refractivity contribution in [1.29, 1.82) is 0 Å². The summed E-state index contributed by atoms with van der Waals surface area (Å²) in [4.78, 5) is 37.4. The van der Waals surface area contributed by atoms with E-state index in [0.717, 1.165) is 0 Å². The lowest BCUT2D eigenvalue weighted by Crippen LogP contribution is -2.44. The highest BCUT2D eigenvalue weighted by atomic mass is 16.5. The van der Waals surface area contributed by atoms with Gasteiger partial charge in [-0.25, -0.2) is 4.79 Å². The van der Waals surface area contributed by atoms with Crippen LogP contribution in [0.1, 0.15) is 17.3 Å². The molecule has 0 spiro atoms. The van der Waals surface area contributed by atoms with Gasteiger partial charge in [-0.2, -0.15) is 0 Å². The normalized spacial score (nSPS) is 13.1. The Hall–Kier alpha value is -2.57. The van der Waals surface area contributed by atoms with Crippen LogP contribution in [-0.2, 0) is 9.59 Å². The van der Waals surface area contributed by atoms with Gasteiger partial charge in [0.05, 0.1) is 18.8 Å². The first-order chi connectivity index (χ1) is 9.91. The molecule has 2 rings (SSSR count). The summed E-state index contributed by atoms with van der Waals surface area (Å²) in [6.45, 7) is 1.85. The molecule has 2 amide bonds. The van der Waals surface area contributed by atoms with Gasteiger partial charge in [0.1, 0.15) is 12.2 Å². The van der Waals surface area contributed by atoms with Crippen molar-refractivity contribution in [3.05, 3.63) is 23.8 Å². The van der Waals surface area contributed by atoms with Crippen LogP contribution < -0.4 is 9.64 Å². The molecule has 7 heteroatoms. The quantitative estimate of drug-likeness (QED) is 0.881. The fourth-order valence-corrected chi connectivity index (χ4v) is 2.08. The fraction of sp³-hybridized carbons (Fsp3) is 0.357. The Morgan fingerprint density at radius 1 is 1.38 bits per heavy atom. The van der Waals surface area contributed by atoms with E-state index in [1.54, 1.807) is 12.1 Å². The SMILES string of the molecule is CC(=O)N(C)CC(=O)N1CCOc2c(C(=O)O)cccc21. The van der Waals surface area contributed by atoms with Crippen molar-refractivity contribution in [2.24, 2.45) is 0 Å².